The van der Waals surface area contributed by atoms with E-state index in [0.29, 0.717) is 19.5 Å². The molecule has 3 atom stereocenters. The molecule has 0 aliphatic carbocycles. The van der Waals surface area contributed by atoms with Gasteiger partial charge in [-0.2, -0.15) is 0 Å². The molecule has 5 N–H and O–H groups in total. The minimum atomic E-state index is -0.828. The lowest BCUT2D eigenvalue weighted by atomic mass is 9.85. The van der Waals surface area contributed by atoms with E-state index in [-0.39, 0.29) is 61.9 Å². The maximum Gasteiger partial charge on any atom is 0.246 e. The molecule has 3 rings (SSSR count). The number of hydrogen-bond acceptors (Lipinski definition) is 7. The van der Waals surface area contributed by atoms with Crippen molar-refractivity contribution in [3.05, 3.63) is 41.0 Å². The van der Waals surface area contributed by atoms with Gasteiger partial charge in [0.2, 0.25) is 17.7 Å². The fourth-order valence-corrected chi connectivity index (χ4v) is 5.09. The van der Waals surface area contributed by atoms with Crippen LogP contribution in [0.1, 0.15) is 51.3 Å². The molecule has 1 aliphatic heterocycles. The van der Waals surface area contributed by atoms with E-state index in [9.17, 15) is 19.5 Å². The van der Waals surface area contributed by atoms with E-state index in [1.165, 1.54) is 4.90 Å². The van der Waals surface area contributed by atoms with Gasteiger partial charge in [0.15, 0.2) is 0 Å². The zero-order valence-corrected chi connectivity index (χ0v) is 24.7. The van der Waals surface area contributed by atoms with Gasteiger partial charge in [-0.3, -0.25) is 14.4 Å². The van der Waals surface area contributed by atoms with Gasteiger partial charge in [-0.15, -0.1) is 36.2 Å². The molecular weight excluding hydrogens is 549 g/mol. The quantitative estimate of drug-likeness (QED) is 0.356. The smallest absolute Gasteiger partial charge is 0.246 e. The van der Waals surface area contributed by atoms with Crippen LogP contribution in [0, 0.1) is 12.3 Å². The molecule has 2 heterocycles. The highest BCUT2D eigenvalue weighted by atomic mass is 35.5. The van der Waals surface area contributed by atoms with Gasteiger partial charge in [-0.1, -0.05) is 45.0 Å². The number of aromatic nitrogens is 1. The maximum atomic E-state index is 13.5. The number of rotatable bonds is 9. The zero-order valence-electron chi connectivity index (χ0n) is 22.2. The molecule has 1 aliphatic rings. The molecule has 0 unspecified atom stereocenters. The number of carbonyl (C=O) groups excluding carboxylic acids is 3. The van der Waals surface area contributed by atoms with Crippen molar-refractivity contribution in [3.63, 3.8) is 0 Å². The number of halogens is 2. The summed E-state index contributed by atoms with van der Waals surface area (Å²) in [4.78, 5) is 45.8. The second kappa shape index (κ2) is 14.8. The number of aliphatic hydroxyl groups excluding tert-OH is 1. The minimum absolute atomic E-state index is 0. The van der Waals surface area contributed by atoms with E-state index in [2.05, 4.69) is 15.6 Å². The van der Waals surface area contributed by atoms with Crippen LogP contribution in [0.3, 0.4) is 0 Å². The first-order valence-corrected chi connectivity index (χ1v) is 13.1. The molecule has 38 heavy (non-hydrogen) atoms. The maximum absolute atomic E-state index is 13.5. The number of nitrogens with two attached hydrogens (primary N) is 1. The number of nitrogens with one attached hydrogen (secondary N) is 2. The predicted molar refractivity (Wildman–Crippen MR) is 154 cm³/mol. The van der Waals surface area contributed by atoms with E-state index in [4.69, 9.17) is 5.73 Å². The SMILES string of the molecule is Cc1ncsc1-c1ccc(CNC(=O)[C@@H]2C[C@@H](O)CN2C(=O)[C@@H](NC(=O)CCCN)C(C)(C)C)cc1.Cl.Cl. The van der Waals surface area contributed by atoms with Crippen LogP contribution in [-0.2, 0) is 20.9 Å². The lowest BCUT2D eigenvalue weighted by Gasteiger charge is -2.35. The monoisotopic (exact) mass is 587 g/mol. The van der Waals surface area contributed by atoms with Crippen LogP contribution in [0.25, 0.3) is 10.4 Å². The van der Waals surface area contributed by atoms with Gasteiger partial charge in [0.05, 0.1) is 22.2 Å². The molecule has 1 fully saturated rings. The lowest BCUT2D eigenvalue weighted by molar-refractivity contribution is -0.144. The van der Waals surface area contributed by atoms with Gasteiger partial charge >= 0.3 is 0 Å². The van der Waals surface area contributed by atoms with Crippen molar-refractivity contribution in [3.8, 4) is 10.4 Å². The molecule has 2 aromatic rings. The Morgan fingerprint density at radius 1 is 1.21 bits per heavy atom. The van der Waals surface area contributed by atoms with Crippen molar-refractivity contribution in [2.24, 2.45) is 11.1 Å². The Labute approximate surface area is 240 Å². The molecular formula is C26H39Cl2N5O4S. The van der Waals surface area contributed by atoms with E-state index in [0.717, 1.165) is 21.7 Å². The summed E-state index contributed by atoms with van der Waals surface area (Å²) in [6, 6.07) is 6.27. The zero-order chi connectivity index (χ0) is 26.5. The van der Waals surface area contributed by atoms with E-state index >= 15 is 0 Å². The van der Waals surface area contributed by atoms with Crippen molar-refractivity contribution < 1.29 is 19.5 Å². The molecule has 212 valence electrons. The third-order valence-electron chi connectivity index (χ3n) is 6.32. The van der Waals surface area contributed by atoms with Gasteiger partial charge in [0.1, 0.15) is 12.1 Å². The molecule has 0 spiro atoms. The first-order chi connectivity index (χ1) is 17.0. The van der Waals surface area contributed by atoms with Crippen LogP contribution in [0.4, 0.5) is 0 Å². The third-order valence-corrected chi connectivity index (χ3v) is 7.30. The van der Waals surface area contributed by atoms with Gasteiger partial charge in [0, 0.05) is 25.9 Å². The van der Waals surface area contributed by atoms with Crippen molar-refractivity contribution >= 4 is 53.9 Å². The number of hydrogen-bond donors (Lipinski definition) is 4. The highest BCUT2D eigenvalue weighted by molar-refractivity contribution is 7.13. The Hall–Kier alpha value is -2.24. The predicted octanol–water partition coefficient (Wildman–Crippen LogP) is 2.81. The second-order valence-corrected chi connectivity index (χ2v) is 11.2. The van der Waals surface area contributed by atoms with E-state index in [1.807, 2.05) is 57.5 Å². The van der Waals surface area contributed by atoms with E-state index < -0.39 is 23.6 Å². The van der Waals surface area contributed by atoms with Crippen molar-refractivity contribution in [1.82, 2.24) is 20.5 Å². The standard InChI is InChI=1S/C26H37N5O4S.2ClH/c1-16-22(36-15-29-16)18-9-7-17(8-10-18)13-28-24(34)20-12-19(32)14-31(20)25(35)23(26(2,3)4)30-21(33)6-5-11-27;;/h7-10,15,19-20,23,32H,5-6,11-14,27H2,1-4H3,(H,28,34)(H,30,33);2*1H/t19-,20+,23-;;/m1../s1. The number of β-amino-alcohol motifs (C(OH)–C–C–N with tert-alkyl or cyclic N) is 1. The van der Waals surface area contributed by atoms with Crippen LogP contribution >= 0.6 is 36.2 Å². The Kier molecular flexibility index (Phi) is 13.1. The largest absolute Gasteiger partial charge is 0.391 e. The second-order valence-electron chi connectivity index (χ2n) is 10.3. The van der Waals surface area contributed by atoms with Gasteiger partial charge in [0.25, 0.3) is 0 Å². The molecule has 1 saturated heterocycles. The summed E-state index contributed by atoms with van der Waals surface area (Å²) in [6.07, 6.45) is 0.0960. The first-order valence-electron chi connectivity index (χ1n) is 12.3. The Bertz CT molecular complexity index is 1070. The summed E-state index contributed by atoms with van der Waals surface area (Å²) >= 11 is 1.58. The Morgan fingerprint density at radius 2 is 1.87 bits per heavy atom. The topological polar surface area (TPSA) is 138 Å². The average Bonchev–Trinajstić information content (AvgIpc) is 3.44. The first kappa shape index (κ1) is 33.8. The van der Waals surface area contributed by atoms with Gasteiger partial charge < -0.3 is 26.4 Å². The number of nitrogens with zero attached hydrogens (tertiary/aromatic N) is 2. The summed E-state index contributed by atoms with van der Waals surface area (Å²) in [7, 11) is 0. The number of aliphatic hydroxyl groups is 1. The molecule has 1 aromatic carbocycles. The van der Waals surface area contributed by atoms with Crippen molar-refractivity contribution in [1.29, 1.82) is 0 Å². The number of carbonyl (C=O) groups is 3. The normalized spacial score (nSPS) is 17.7. The summed E-state index contributed by atoms with van der Waals surface area (Å²) in [5.74, 6) is -0.958. The van der Waals surface area contributed by atoms with Gasteiger partial charge in [-0.25, -0.2) is 4.98 Å². The molecule has 1 aromatic heterocycles. The van der Waals surface area contributed by atoms with E-state index in [1.54, 1.807) is 11.3 Å². The fraction of sp³-hybridized carbons (Fsp3) is 0.538. The van der Waals surface area contributed by atoms with Crippen LogP contribution in [0.5, 0.6) is 0 Å². The highest BCUT2D eigenvalue weighted by Crippen LogP contribution is 2.28. The van der Waals surface area contributed by atoms with Gasteiger partial charge in [-0.05, 0) is 36.4 Å². The van der Waals surface area contributed by atoms with Crippen molar-refractivity contribution in [2.75, 3.05) is 13.1 Å². The summed E-state index contributed by atoms with van der Waals surface area (Å²) in [5.41, 5.74) is 9.71. The van der Waals surface area contributed by atoms with Crippen molar-refractivity contribution in [2.45, 2.75) is 71.7 Å². The van der Waals surface area contributed by atoms with Crippen LogP contribution < -0.4 is 16.4 Å². The summed E-state index contributed by atoms with van der Waals surface area (Å²) in [5, 5.41) is 16.0. The van der Waals surface area contributed by atoms with Crippen LogP contribution in [-0.4, -0.2) is 64.0 Å². The number of thiazole rings is 1. The van der Waals surface area contributed by atoms with Crippen LogP contribution in [0.2, 0.25) is 0 Å². The lowest BCUT2D eigenvalue weighted by Crippen LogP contribution is -2.57. The average molecular weight is 589 g/mol. The minimum Gasteiger partial charge on any atom is -0.391 e. The Balaban J connectivity index is 0.00000361. The number of likely N-dealkylation sites (tertiary alicyclic amines) is 1. The number of benzene rings is 1. The summed E-state index contributed by atoms with van der Waals surface area (Å²) in [6.45, 7) is 8.28. The summed E-state index contributed by atoms with van der Waals surface area (Å²) < 4.78 is 0. The molecule has 0 saturated carbocycles. The molecule has 12 heteroatoms. The molecule has 0 radical (unpaired) electrons. The molecule has 9 nitrogen and oxygen atoms in total. The number of amides is 3. The highest BCUT2D eigenvalue weighted by Gasteiger charge is 2.44. The fourth-order valence-electron chi connectivity index (χ4n) is 4.28. The third kappa shape index (κ3) is 8.64. The molecule has 3 amide bonds. The Morgan fingerprint density at radius 3 is 2.42 bits per heavy atom. The molecule has 0 bridgehead atoms. The number of aryl methyl sites for hydroxylation is 1. The van der Waals surface area contributed by atoms with Crippen LogP contribution in [0.15, 0.2) is 29.8 Å².